The van der Waals surface area contributed by atoms with Gasteiger partial charge in [0.15, 0.2) is 0 Å². The first-order valence-corrected chi connectivity index (χ1v) is 6.36. The van der Waals surface area contributed by atoms with Gasteiger partial charge in [0, 0.05) is 12.6 Å². The number of pyridine rings is 1. The van der Waals surface area contributed by atoms with Gasteiger partial charge in [0.25, 0.3) is 0 Å². The Bertz CT molecular complexity index is 319. The van der Waals surface area contributed by atoms with Gasteiger partial charge in [-0.3, -0.25) is 0 Å². The normalized spacial score (nSPS) is 16.3. The molecule has 0 bridgehead atoms. The zero-order valence-corrected chi connectivity index (χ0v) is 10.00. The number of rotatable bonds is 5. The lowest BCUT2D eigenvalue weighted by Gasteiger charge is -2.13. The molecule has 2 N–H and O–H groups in total. The Balaban J connectivity index is 1.92. The van der Waals surface area contributed by atoms with Crippen LogP contribution in [0.25, 0.3) is 0 Å². The van der Waals surface area contributed by atoms with Crippen LogP contribution in [0.3, 0.4) is 0 Å². The van der Waals surface area contributed by atoms with Gasteiger partial charge >= 0.3 is 0 Å². The van der Waals surface area contributed by atoms with Crippen molar-refractivity contribution >= 4 is 11.6 Å². The molecule has 0 aromatic carbocycles. The van der Waals surface area contributed by atoms with Crippen molar-refractivity contribution in [2.24, 2.45) is 0 Å². The SMILES string of the molecule is CCCNc1cccc(NC2CCCC2)n1. The topological polar surface area (TPSA) is 37.0 Å². The lowest BCUT2D eigenvalue weighted by atomic mass is 10.2. The third kappa shape index (κ3) is 3.12. The molecule has 0 saturated heterocycles. The van der Waals surface area contributed by atoms with Gasteiger partial charge in [-0.05, 0) is 31.4 Å². The van der Waals surface area contributed by atoms with E-state index in [4.69, 9.17) is 0 Å². The zero-order chi connectivity index (χ0) is 11.2. The zero-order valence-electron chi connectivity index (χ0n) is 10.00. The maximum atomic E-state index is 4.55. The second kappa shape index (κ2) is 5.73. The van der Waals surface area contributed by atoms with Crippen LogP contribution in [0.2, 0.25) is 0 Å². The smallest absolute Gasteiger partial charge is 0.128 e. The van der Waals surface area contributed by atoms with Crippen LogP contribution in [-0.2, 0) is 0 Å². The number of aromatic nitrogens is 1. The van der Waals surface area contributed by atoms with Crippen LogP contribution in [0.4, 0.5) is 11.6 Å². The third-order valence-electron chi connectivity index (χ3n) is 3.01. The molecule has 16 heavy (non-hydrogen) atoms. The number of nitrogens with one attached hydrogen (secondary N) is 2. The number of hydrogen-bond donors (Lipinski definition) is 2. The van der Waals surface area contributed by atoms with E-state index < -0.39 is 0 Å². The van der Waals surface area contributed by atoms with E-state index in [1.165, 1.54) is 25.7 Å². The summed E-state index contributed by atoms with van der Waals surface area (Å²) in [4.78, 5) is 4.55. The molecule has 3 nitrogen and oxygen atoms in total. The van der Waals surface area contributed by atoms with E-state index in [1.807, 2.05) is 6.07 Å². The minimum Gasteiger partial charge on any atom is -0.370 e. The second-order valence-corrected chi connectivity index (χ2v) is 4.46. The largest absolute Gasteiger partial charge is 0.370 e. The summed E-state index contributed by atoms with van der Waals surface area (Å²) in [5.41, 5.74) is 0. The summed E-state index contributed by atoms with van der Waals surface area (Å²) in [7, 11) is 0. The number of nitrogens with zero attached hydrogens (tertiary/aromatic N) is 1. The molecule has 0 unspecified atom stereocenters. The van der Waals surface area contributed by atoms with Gasteiger partial charge in [-0.25, -0.2) is 4.98 Å². The number of hydrogen-bond acceptors (Lipinski definition) is 3. The first-order chi connectivity index (χ1) is 7.88. The van der Waals surface area contributed by atoms with E-state index in [9.17, 15) is 0 Å². The van der Waals surface area contributed by atoms with Crippen molar-refractivity contribution < 1.29 is 0 Å². The number of anilines is 2. The molecule has 0 aliphatic heterocycles. The van der Waals surface area contributed by atoms with Crippen LogP contribution in [0.15, 0.2) is 18.2 Å². The lowest BCUT2D eigenvalue weighted by molar-refractivity contribution is 0.750. The van der Waals surface area contributed by atoms with Gasteiger partial charge in [0.2, 0.25) is 0 Å². The van der Waals surface area contributed by atoms with E-state index in [1.54, 1.807) is 0 Å². The van der Waals surface area contributed by atoms with Crippen LogP contribution in [0.1, 0.15) is 39.0 Å². The van der Waals surface area contributed by atoms with Gasteiger partial charge in [0.1, 0.15) is 11.6 Å². The highest BCUT2D eigenvalue weighted by Crippen LogP contribution is 2.21. The Morgan fingerprint density at radius 2 is 2.00 bits per heavy atom. The first kappa shape index (κ1) is 11.2. The molecule has 1 heterocycles. The highest BCUT2D eigenvalue weighted by Gasteiger charge is 2.14. The molecule has 0 amide bonds. The fourth-order valence-electron chi connectivity index (χ4n) is 2.15. The van der Waals surface area contributed by atoms with Gasteiger partial charge in [-0.2, -0.15) is 0 Å². The van der Waals surface area contributed by atoms with Crippen molar-refractivity contribution in [1.29, 1.82) is 0 Å². The molecule has 1 fully saturated rings. The van der Waals surface area contributed by atoms with Gasteiger partial charge in [-0.15, -0.1) is 0 Å². The predicted molar refractivity (Wildman–Crippen MR) is 68.9 cm³/mol. The summed E-state index contributed by atoms with van der Waals surface area (Å²) >= 11 is 0. The highest BCUT2D eigenvalue weighted by atomic mass is 15.1. The minimum absolute atomic E-state index is 0.633. The predicted octanol–water partition coefficient (Wildman–Crippen LogP) is 3.26. The third-order valence-corrected chi connectivity index (χ3v) is 3.01. The maximum Gasteiger partial charge on any atom is 0.128 e. The monoisotopic (exact) mass is 219 g/mol. The van der Waals surface area contributed by atoms with Crippen LogP contribution < -0.4 is 10.6 Å². The van der Waals surface area contributed by atoms with Crippen molar-refractivity contribution in [3.05, 3.63) is 18.2 Å². The Morgan fingerprint density at radius 1 is 1.25 bits per heavy atom. The molecule has 0 radical (unpaired) electrons. The molecule has 1 aromatic heterocycles. The molecule has 0 atom stereocenters. The summed E-state index contributed by atoms with van der Waals surface area (Å²) in [6.07, 6.45) is 6.40. The average Bonchev–Trinajstić information content (AvgIpc) is 2.80. The van der Waals surface area contributed by atoms with Crippen molar-refractivity contribution in [2.75, 3.05) is 17.2 Å². The van der Waals surface area contributed by atoms with Crippen molar-refractivity contribution in [1.82, 2.24) is 4.98 Å². The van der Waals surface area contributed by atoms with E-state index in [0.29, 0.717) is 6.04 Å². The van der Waals surface area contributed by atoms with Crippen LogP contribution >= 0.6 is 0 Å². The summed E-state index contributed by atoms with van der Waals surface area (Å²) in [6, 6.07) is 6.77. The summed E-state index contributed by atoms with van der Waals surface area (Å²) in [6.45, 7) is 3.15. The summed E-state index contributed by atoms with van der Waals surface area (Å²) in [5.74, 6) is 1.98. The molecule has 1 aliphatic rings. The van der Waals surface area contributed by atoms with Crippen LogP contribution in [0, 0.1) is 0 Å². The van der Waals surface area contributed by atoms with Crippen molar-refractivity contribution in [3.8, 4) is 0 Å². The Kier molecular flexibility index (Phi) is 4.03. The van der Waals surface area contributed by atoms with Gasteiger partial charge in [0.05, 0.1) is 0 Å². The molecular formula is C13H21N3. The molecule has 3 heteroatoms. The van der Waals surface area contributed by atoms with Crippen LogP contribution in [-0.4, -0.2) is 17.6 Å². The molecule has 2 rings (SSSR count). The fourth-order valence-corrected chi connectivity index (χ4v) is 2.15. The highest BCUT2D eigenvalue weighted by molar-refractivity contribution is 5.45. The molecule has 0 spiro atoms. The molecule has 1 aromatic rings. The Labute approximate surface area is 97.7 Å². The summed E-state index contributed by atoms with van der Waals surface area (Å²) < 4.78 is 0. The fraction of sp³-hybridized carbons (Fsp3) is 0.615. The molecule has 88 valence electrons. The van der Waals surface area contributed by atoms with Crippen LogP contribution in [0.5, 0.6) is 0 Å². The second-order valence-electron chi connectivity index (χ2n) is 4.46. The standard InChI is InChI=1S/C13H21N3/c1-2-10-14-12-8-5-9-13(16-12)15-11-6-3-4-7-11/h5,8-9,11H,2-4,6-7,10H2,1H3,(H2,14,15,16). The summed E-state index contributed by atoms with van der Waals surface area (Å²) in [5, 5.41) is 6.82. The molecule has 1 saturated carbocycles. The first-order valence-electron chi connectivity index (χ1n) is 6.36. The molecule has 1 aliphatic carbocycles. The van der Waals surface area contributed by atoms with E-state index in [-0.39, 0.29) is 0 Å². The maximum absolute atomic E-state index is 4.55. The van der Waals surface area contributed by atoms with E-state index >= 15 is 0 Å². The van der Waals surface area contributed by atoms with E-state index in [2.05, 4.69) is 34.7 Å². The van der Waals surface area contributed by atoms with Crippen molar-refractivity contribution in [3.63, 3.8) is 0 Å². The van der Waals surface area contributed by atoms with Gasteiger partial charge < -0.3 is 10.6 Å². The van der Waals surface area contributed by atoms with Crippen molar-refractivity contribution in [2.45, 2.75) is 45.1 Å². The van der Waals surface area contributed by atoms with Gasteiger partial charge in [-0.1, -0.05) is 25.8 Å². The minimum atomic E-state index is 0.633. The molecular weight excluding hydrogens is 198 g/mol. The quantitative estimate of drug-likeness (QED) is 0.798. The Hall–Kier alpha value is -1.25. The van der Waals surface area contributed by atoms with E-state index in [0.717, 1.165) is 24.6 Å². The lowest BCUT2D eigenvalue weighted by Crippen LogP contribution is -2.15. The Morgan fingerprint density at radius 3 is 2.75 bits per heavy atom. The average molecular weight is 219 g/mol.